The average molecular weight is 336 g/mol. The molecule has 0 bridgehead atoms. The Hall–Kier alpha value is -1.40. The highest BCUT2D eigenvalue weighted by molar-refractivity contribution is 7.09. The maximum Gasteiger partial charge on any atom is 0.238 e. The second-order valence-electron chi connectivity index (χ2n) is 5.30. The van der Waals surface area contributed by atoms with Crippen LogP contribution in [0.15, 0.2) is 41.8 Å². The second kappa shape index (κ2) is 7.24. The number of hydrogen-bond acceptors (Lipinski definition) is 4. The van der Waals surface area contributed by atoms with Gasteiger partial charge in [0.15, 0.2) is 0 Å². The first-order valence-electron chi connectivity index (χ1n) is 7.29. The zero-order valence-corrected chi connectivity index (χ0v) is 13.6. The SMILES string of the molecule is O=C(NCCc1cccs1)C1CC(c2cccc(Cl)c2)NN1. The molecular weight excluding hydrogens is 318 g/mol. The summed E-state index contributed by atoms with van der Waals surface area (Å²) in [5, 5.41) is 5.75. The quantitative estimate of drug-likeness (QED) is 0.787. The molecule has 4 nitrogen and oxygen atoms in total. The molecule has 6 heteroatoms. The number of thiophene rings is 1. The number of halogens is 1. The summed E-state index contributed by atoms with van der Waals surface area (Å²) in [6, 6.07) is 11.7. The third-order valence-corrected chi connectivity index (χ3v) is 4.89. The summed E-state index contributed by atoms with van der Waals surface area (Å²) in [6.45, 7) is 0.666. The van der Waals surface area contributed by atoms with Gasteiger partial charge in [-0.1, -0.05) is 29.8 Å². The largest absolute Gasteiger partial charge is 0.354 e. The molecule has 1 aromatic heterocycles. The molecule has 1 aromatic carbocycles. The van der Waals surface area contributed by atoms with Gasteiger partial charge in [0.05, 0.1) is 0 Å². The lowest BCUT2D eigenvalue weighted by Gasteiger charge is -2.10. The van der Waals surface area contributed by atoms with Crippen LogP contribution in [-0.4, -0.2) is 18.5 Å². The predicted octanol–water partition coefficient (Wildman–Crippen LogP) is 2.67. The van der Waals surface area contributed by atoms with E-state index in [9.17, 15) is 4.79 Å². The Morgan fingerprint density at radius 3 is 3.00 bits per heavy atom. The fraction of sp³-hybridized carbons (Fsp3) is 0.312. The summed E-state index contributed by atoms with van der Waals surface area (Å²) in [7, 11) is 0. The molecule has 116 valence electrons. The highest BCUT2D eigenvalue weighted by Gasteiger charge is 2.29. The summed E-state index contributed by atoms with van der Waals surface area (Å²) in [6.07, 6.45) is 1.59. The van der Waals surface area contributed by atoms with Crippen LogP contribution in [-0.2, 0) is 11.2 Å². The zero-order valence-electron chi connectivity index (χ0n) is 12.0. The highest BCUT2D eigenvalue weighted by atomic mass is 35.5. The van der Waals surface area contributed by atoms with E-state index in [1.807, 2.05) is 30.3 Å². The zero-order chi connectivity index (χ0) is 15.4. The number of amides is 1. The molecule has 0 aliphatic carbocycles. The lowest BCUT2D eigenvalue weighted by molar-refractivity contribution is -0.122. The van der Waals surface area contributed by atoms with Crippen molar-refractivity contribution in [3.63, 3.8) is 0 Å². The van der Waals surface area contributed by atoms with Crippen LogP contribution in [0.1, 0.15) is 22.9 Å². The van der Waals surface area contributed by atoms with E-state index in [2.05, 4.69) is 27.6 Å². The van der Waals surface area contributed by atoms with E-state index >= 15 is 0 Å². The van der Waals surface area contributed by atoms with Crippen molar-refractivity contribution in [3.05, 3.63) is 57.2 Å². The van der Waals surface area contributed by atoms with Gasteiger partial charge in [0, 0.05) is 22.5 Å². The van der Waals surface area contributed by atoms with Gasteiger partial charge < -0.3 is 5.32 Å². The molecule has 2 unspecified atom stereocenters. The van der Waals surface area contributed by atoms with Gasteiger partial charge in [0.25, 0.3) is 0 Å². The van der Waals surface area contributed by atoms with E-state index in [4.69, 9.17) is 11.6 Å². The minimum absolute atomic E-state index is 0.0357. The van der Waals surface area contributed by atoms with E-state index in [-0.39, 0.29) is 18.0 Å². The first-order chi connectivity index (χ1) is 10.7. The number of rotatable bonds is 5. The highest BCUT2D eigenvalue weighted by Crippen LogP contribution is 2.24. The summed E-state index contributed by atoms with van der Waals surface area (Å²) in [4.78, 5) is 13.5. The summed E-state index contributed by atoms with van der Waals surface area (Å²) in [5.41, 5.74) is 7.32. The van der Waals surface area contributed by atoms with Gasteiger partial charge in [0.1, 0.15) is 6.04 Å². The average Bonchev–Trinajstić information content (AvgIpc) is 3.19. The Labute approximate surface area is 138 Å². The summed E-state index contributed by atoms with van der Waals surface area (Å²) < 4.78 is 0. The molecule has 2 aromatic rings. The lowest BCUT2D eigenvalue weighted by atomic mass is 10.0. The van der Waals surface area contributed by atoms with Crippen LogP contribution in [0.25, 0.3) is 0 Å². The number of carbonyl (C=O) groups is 1. The standard InChI is InChI=1S/C16H18ClN3OS/c17-12-4-1-3-11(9-12)14-10-15(20-19-14)16(21)18-7-6-13-5-2-8-22-13/h1-5,8-9,14-15,19-20H,6-7,10H2,(H,18,21). The Kier molecular flexibility index (Phi) is 5.10. The Morgan fingerprint density at radius 1 is 1.32 bits per heavy atom. The normalized spacial score (nSPS) is 21.0. The summed E-state index contributed by atoms with van der Waals surface area (Å²) >= 11 is 7.73. The number of carbonyl (C=O) groups excluding carboxylic acids is 1. The molecule has 1 amide bonds. The fourth-order valence-electron chi connectivity index (χ4n) is 2.56. The van der Waals surface area contributed by atoms with Crippen LogP contribution in [0.4, 0.5) is 0 Å². The molecule has 0 saturated carbocycles. The number of hydrazine groups is 1. The third kappa shape index (κ3) is 3.87. The maximum absolute atomic E-state index is 12.2. The molecule has 3 rings (SSSR count). The van der Waals surface area contributed by atoms with E-state index in [1.54, 1.807) is 11.3 Å². The number of benzene rings is 1. The van der Waals surface area contributed by atoms with Crippen LogP contribution < -0.4 is 16.2 Å². The van der Waals surface area contributed by atoms with Gasteiger partial charge in [-0.2, -0.15) is 0 Å². The van der Waals surface area contributed by atoms with E-state index in [0.717, 1.165) is 12.0 Å². The smallest absolute Gasteiger partial charge is 0.238 e. The van der Waals surface area contributed by atoms with E-state index in [1.165, 1.54) is 4.88 Å². The van der Waals surface area contributed by atoms with Gasteiger partial charge in [0.2, 0.25) is 5.91 Å². The third-order valence-electron chi connectivity index (χ3n) is 3.72. The van der Waals surface area contributed by atoms with Crippen molar-refractivity contribution in [3.8, 4) is 0 Å². The van der Waals surface area contributed by atoms with E-state index in [0.29, 0.717) is 18.0 Å². The van der Waals surface area contributed by atoms with Gasteiger partial charge >= 0.3 is 0 Å². The van der Waals surface area contributed by atoms with Crippen LogP contribution in [0, 0.1) is 0 Å². The van der Waals surface area contributed by atoms with Crippen molar-refractivity contribution < 1.29 is 4.79 Å². The maximum atomic E-state index is 12.2. The Morgan fingerprint density at radius 2 is 2.23 bits per heavy atom. The first-order valence-corrected chi connectivity index (χ1v) is 8.55. The monoisotopic (exact) mass is 335 g/mol. The molecule has 1 aliphatic rings. The van der Waals surface area contributed by atoms with Gasteiger partial charge in [-0.3, -0.25) is 4.79 Å². The van der Waals surface area contributed by atoms with Crippen molar-refractivity contribution in [2.75, 3.05) is 6.54 Å². The Bertz CT molecular complexity index is 632. The molecule has 1 aliphatic heterocycles. The van der Waals surface area contributed by atoms with Gasteiger partial charge in [-0.25, -0.2) is 10.9 Å². The molecular formula is C16H18ClN3OS. The summed E-state index contributed by atoms with van der Waals surface area (Å²) in [5.74, 6) is 0.0357. The van der Waals surface area contributed by atoms with E-state index < -0.39 is 0 Å². The van der Waals surface area contributed by atoms with Crippen molar-refractivity contribution in [2.45, 2.75) is 24.9 Å². The van der Waals surface area contributed by atoms with Gasteiger partial charge in [-0.15, -0.1) is 11.3 Å². The minimum Gasteiger partial charge on any atom is -0.354 e. The van der Waals surface area contributed by atoms with Crippen molar-refractivity contribution >= 4 is 28.8 Å². The van der Waals surface area contributed by atoms with Gasteiger partial charge in [-0.05, 0) is 42.0 Å². The Balaban J connectivity index is 1.48. The van der Waals surface area contributed by atoms with Crippen LogP contribution in [0.3, 0.4) is 0 Å². The molecule has 1 fully saturated rings. The molecule has 0 radical (unpaired) electrons. The second-order valence-corrected chi connectivity index (χ2v) is 6.77. The predicted molar refractivity (Wildman–Crippen MR) is 89.9 cm³/mol. The van der Waals surface area contributed by atoms with Crippen LogP contribution in [0.5, 0.6) is 0 Å². The number of hydrogen-bond donors (Lipinski definition) is 3. The first kappa shape index (κ1) is 15.5. The van der Waals surface area contributed by atoms with Crippen molar-refractivity contribution in [1.29, 1.82) is 0 Å². The molecule has 1 saturated heterocycles. The van der Waals surface area contributed by atoms with Crippen molar-refractivity contribution in [1.82, 2.24) is 16.2 Å². The molecule has 2 heterocycles. The molecule has 0 spiro atoms. The lowest BCUT2D eigenvalue weighted by Crippen LogP contribution is -2.43. The molecule has 3 N–H and O–H groups in total. The fourth-order valence-corrected chi connectivity index (χ4v) is 3.46. The number of nitrogens with one attached hydrogen (secondary N) is 3. The van der Waals surface area contributed by atoms with Crippen LogP contribution in [0.2, 0.25) is 5.02 Å². The van der Waals surface area contributed by atoms with Crippen LogP contribution >= 0.6 is 22.9 Å². The molecule has 22 heavy (non-hydrogen) atoms. The minimum atomic E-state index is -0.215. The topological polar surface area (TPSA) is 53.2 Å². The molecule has 2 atom stereocenters. The van der Waals surface area contributed by atoms with Crippen molar-refractivity contribution in [2.24, 2.45) is 0 Å².